The van der Waals surface area contributed by atoms with Gasteiger partial charge in [0.15, 0.2) is 0 Å². The first-order valence-electron chi connectivity index (χ1n) is 6.78. The molecule has 0 aromatic heterocycles. The van der Waals surface area contributed by atoms with Crippen LogP contribution in [0.25, 0.3) is 5.57 Å². The van der Waals surface area contributed by atoms with Crippen molar-refractivity contribution in [2.75, 3.05) is 14.2 Å². The van der Waals surface area contributed by atoms with Gasteiger partial charge in [-0.25, -0.2) is 0 Å². The molecule has 0 aliphatic heterocycles. The molecule has 3 rings (SSSR count). The Morgan fingerprint density at radius 3 is 2.25 bits per heavy atom. The molecule has 0 fully saturated rings. The van der Waals surface area contributed by atoms with Gasteiger partial charge in [0.05, 0.1) is 0 Å². The fourth-order valence-electron chi connectivity index (χ4n) is 2.80. The van der Waals surface area contributed by atoms with E-state index in [1.54, 1.807) is 14.2 Å². The van der Waals surface area contributed by atoms with Gasteiger partial charge in [-0.2, -0.15) is 0 Å². The molecule has 0 saturated heterocycles. The van der Waals surface area contributed by atoms with Crippen molar-refractivity contribution in [2.24, 2.45) is 0 Å². The van der Waals surface area contributed by atoms with Gasteiger partial charge in [-0.1, -0.05) is 0 Å². The van der Waals surface area contributed by atoms with Crippen LogP contribution in [0, 0.1) is 0 Å². The van der Waals surface area contributed by atoms with Crippen LogP contribution in [0.5, 0.6) is 11.5 Å². The second-order valence-corrected chi connectivity index (χ2v) is 5.03. The van der Waals surface area contributed by atoms with Crippen LogP contribution in [0.1, 0.15) is 21.3 Å². The Bertz CT molecular complexity index is 662. The zero-order valence-electron chi connectivity index (χ0n) is 12.0. The molecule has 0 N–H and O–H groups in total. The first kappa shape index (κ1) is 13.4. The van der Waals surface area contributed by atoms with Gasteiger partial charge in [0.25, 0.3) is 0 Å². The third-order valence-electron chi connectivity index (χ3n) is 3.84. The Balaban J connectivity index is 2.15. The van der Waals surface area contributed by atoms with Gasteiger partial charge in [-0.3, -0.25) is 0 Å². The number of allylic oxidation sites excluding steroid dienone is 1. The summed E-state index contributed by atoms with van der Waals surface area (Å²) >= 11 is 2.21. The van der Waals surface area contributed by atoms with Gasteiger partial charge in [-0.05, 0) is 0 Å². The molecule has 96 valence electrons. The number of hydrogen-bond donors (Lipinski definition) is 0. The van der Waals surface area contributed by atoms with Crippen LogP contribution >= 0.6 is 0 Å². The van der Waals surface area contributed by atoms with Crippen molar-refractivity contribution in [2.45, 2.75) is 4.59 Å². The molecule has 0 radical (unpaired) electrons. The van der Waals surface area contributed by atoms with Gasteiger partial charge in [0, 0.05) is 0 Å². The SMILES string of the molecule is [Li][CH]1C=C(c2ccccc2)c2cc(OC)c(OC)cc21. The first-order valence-corrected chi connectivity index (χ1v) is 6.78. The van der Waals surface area contributed by atoms with E-state index in [0.717, 1.165) is 11.5 Å². The molecule has 1 aliphatic carbocycles. The van der Waals surface area contributed by atoms with Crippen molar-refractivity contribution in [3.05, 3.63) is 65.2 Å². The zero-order valence-corrected chi connectivity index (χ0v) is 12.0. The Morgan fingerprint density at radius 1 is 0.950 bits per heavy atom. The van der Waals surface area contributed by atoms with E-state index in [1.807, 2.05) is 6.07 Å². The summed E-state index contributed by atoms with van der Waals surface area (Å²) in [6.45, 7) is 0. The summed E-state index contributed by atoms with van der Waals surface area (Å²) in [6.07, 6.45) is 2.30. The molecule has 0 bridgehead atoms. The van der Waals surface area contributed by atoms with Crippen molar-refractivity contribution in [1.82, 2.24) is 0 Å². The molecule has 0 heterocycles. The standard InChI is InChI=1S/C17H15O2.Li/c1-18-16-10-13-8-9-14(12-6-4-3-5-7-12)15(13)11-17(16)19-2;/h3-11H,1-2H3;. The zero-order chi connectivity index (χ0) is 14.1. The van der Waals surface area contributed by atoms with E-state index in [0.29, 0.717) is 4.59 Å². The van der Waals surface area contributed by atoms with Crippen LogP contribution in [-0.4, -0.2) is 31.9 Å². The Morgan fingerprint density at radius 2 is 1.60 bits per heavy atom. The third-order valence-corrected chi connectivity index (χ3v) is 3.84. The molecule has 0 spiro atoms. The van der Waals surface area contributed by atoms with Gasteiger partial charge >= 0.3 is 128 Å². The molecule has 1 aliphatic rings. The Labute approximate surface area is 128 Å². The van der Waals surface area contributed by atoms with E-state index in [4.69, 9.17) is 9.47 Å². The Kier molecular flexibility index (Phi) is 3.61. The minimum absolute atomic E-state index is 0.389. The van der Waals surface area contributed by atoms with Gasteiger partial charge in [0.1, 0.15) is 0 Å². The summed E-state index contributed by atoms with van der Waals surface area (Å²) in [7, 11) is 3.35. The van der Waals surface area contributed by atoms with Crippen molar-refractivity contribution >= 4 is 23.3 Å². The number of fused-ring (bicyclic) bond motifs is 1. The molecule has 0 saturated carbocycles. The van der Waals surface area contributed by atoms with Crippen LogP contribution in [0.4, 0.5) is 0 Å². The molecule has 2 aromatic rings. The van der Waals surface area contributed by atoms with E-state index in [-0.39, 0.29) is 0 Å². The van der Waals surface area contributed by atoms with Crippen LogP contribution in [0.2, 0.25) is 0 Å². The molecule has 2 aromatic carbocycles. The van der Waals surface area contributed by atoms with E-state index < -0.39 is 0 Å². The molecule has 0 amide bonds. The first-order chi connectivity index (χ1) is 9.74. The summed E-state index contributed by atoms with van der Waals surface area (Å²) in [5.74, 6) is 1.57. The number of hydrogen-bond acceptors (Lipinski definition) is 2. The number of rotatable bonds is 3. The van der Waals surface area contributed by atoms with Gasteiger partial charge in [-0.15, -0.1) is 0 Å². The topological polar surface area (TPSA) is 18.5 Å². The summed E-state index contributed by atoms with van der Waals surface area (Å²) in [4.78, 5) is 0. The Hall–Kier alpha value is -1.62. The monoisotopic (exact) mass is 258 g/mol. The average molecular weight is 258 g/mol. The van der Waals surface area contributed by atoms with Gasteiger partial charge in [0.2, 0.25) is 0 Å². The second kappa shape index (κ2) is 5.40. The molecule has 1 unspecified atom stereocenters. The fraction of sp³-hybridized carbons (Fsp3) is 0.176. The summed E-state index contributed by atoms with van der Waals surface area (Å²) in [5.41, 5.74) is 5.04. The van der Waals surface area contributed by atoms with Crippen molar-refractivity contribution in [1.29, 1.82) is 0 Å². The van der Waals surface area contributed by atoms with E-state index in [1.165, 1.54) is 22.3 Å². The van der Waals surface area contributed by atoms with E-state index in [9.17, 15) is 0 Å². The van der Waals surface area contributed by atoms with E-state index >= 15 is 0 Å². The summed E-state index contributed by atoms with van der Waals surface area (Å²) < 4.78 is 11.2. The molecular weight excluding hydrogens is 243 g/mol. The normalized spacial score (nSPS) is 16.6. The van der Waals surface area contributed by atoms with Crippen molar-refractivity contribution in [3.8, 4) is 11.5 Å². The quantitative estimate of drug-likeness (QED) is 0.786. The summed E-state index contributed by atoms with van der Waals surface area (Å²) in [5, 5.41) is 0. The second-order valence-electron chi connectivity index (χ2n) is 5.03. The predicted molar refractivity (Wildman–Crippen MR) is 81.6 cm³/mol. The molecule has 1 atom stereocenters. The number of ether oxygens (including phenoxy) is 2. The summed E-state index contributed by atoms with van der Waals surface area (Å²) in [6, 6.07) is 14.6. The minimum atomic E-state index is 0.389. The maximum atomic E-state index is 5.43. The van der Waals surface area contributed by atoms with Crippen LogP contribution in [-0.2, 0) is 0 Å². The van der Waals surface area contributed by atoms with E-state index in [2.05, 4.69) is 60.2 Å². The van der Waals surface area contributed by atoms with Crippen LogP contribution in [0.3, 0.4) is 0 Å². The van der Waals surface area contributed by atoms with Crippen LogP contribution < -0.4 is 9.47 Å². The average Bonchev–Trinajstić information content (AvgIpc) is 2.83. The third kappa shape index (κ3) is 2.16. The number of methoxy groups -OCH3 is 2. The maximum absolute atomic E-state index is 5.43. The van der Waals surface area contributed by atoms with Crippen molar-refractivity contribution < 1.29 is 9.47 Å². The number of benzene rings is 2. The van der Waals surface area contributed by atoms with Gasteiger partial charge < -0.3 is 0 Å². The van der Waals surface area contributed by atoms with Crippen LogP contribution in [0.15, 0.2) is 48.5 Å². The molecule has 20 heavy (non-hydrogen) atoms. The molecule has 3 heteroatoms. The molecular formula is C17H15LiO2. The van der Waals surface area contributed by atoms with Crippen molar-refractivity contribution in [3.63, 3.8) is 0 Å². The fourth-order valence-corrected chi connectivity index (χ4v) is 2.80. The molecule has 2 nitrogen and oxygen atoms in total. The predicted octanol–water partition coefficient (Wildman–Crippen LogP) is 3.36.